The molecule has 2 aromatic heterocycles. The van der Waals surface area contributed by atoms with Crippen molar-refractivity contribution in [1.29, 1.82) is 0 Å². The molecule has 8 aromatic rings. The summed E-state index contributed by atoms with van der Waals surface area (Å²) in [4.78, 5) is 0. The van der Waals surface area contributed by atoms with Gasteiger partial charge in [0, 0.05) is 27.1 Å². The Hall–Kier alpha value is -5.43. The van der Waals surface area contributed by atoms with Crippen LogP contribution in [0, 0.1) is 49.9 Å². The van der Waals surface area contributed by atoms with Crippen molar-refractivity contribution in [3.05, 3.63) is 143 Å². The molecule has 6 aromatic carbocycles. The van der Waals surface area contributed by atoms with Gasteiger partial charge in [0.05, 0.1) is 39.0 Å². The van der Waals surface area contributed by atoms with Crippen LogP contribution in [0.3, 0.4) is 0 Å². The van der Waals surface area contributed by atoms with Gasteiger partial charge in [-0.3, -0.25) is 0 Å². The molecular weight excluding hydrogens is 591 g/mol. The number of fused-ring (bicyclic) bond motifs is 6. The van der Waals surface area contributed by atoms with Gasteiger partial charge in [-0.1, -0.05) is 60.7 Å². The van der Waals surface area contributed by atoms with Gasteiger partial charge < -0.3 is 9.13 Å². The third-order valence-corrected chi connectivity index (χ3v) is 9.00. The number of aromatic nitrogens is 2. The number of halogens is 5. The molecule has 2 heterocycles. The van der Waals surface area contributed by atoms with Crippen molar-refractivity contribution in [3.63, 3.8) is 0 Å². The molecule has 46 heavy (non-hydrogen) atoms. The summed E-state index contributed by atoms with van der Waals surface area (Å²) in [6.07, 6.45) is 0. The second-order valence-electron chi connectivity index (χ2n) is 11.8. The van der Waals surface area contributed by atoms with Gasteiger partial charge >= 0.3 is 0 Å². The number of aryl methyl sites for hydroxylation is 2. The lowest BCUT2D eigenvalue weighted by atomic mass is 9.96. The predicted molar refractivity (Wildman–Crippen MR) is 175 cm³/mol. The van der Waals surface area contributed by atoms with E-state index in [9.17, 15) is 13.2 Å². The van der Waals surface area contributed by atoms with Gasteiger partial charge in [-0.15, -0.1) is 0 Å². The number of nitrogens with zero attached hydrogens (tertiary/aromatic N) is 2. The fraction of sp³-hybridized carbons (Fsp3) is 0.0769. The van der Waals surface area contributed by atoms with E-state index in [0.29, 0.717) is 16.9 Å². The summed E-state index contributed by atoms with van der Waals surface area (Å²) in [6, 6.07) is 30.8. The van der Waals surface area contributed by atoms with Gasteiger partial charge in [-0.2, -0.15) is 0 Å². The van der Waals surface area contributed by atoms with E-state index < -0.39 is 34.6 Å². The van der Waals surface area contributed by atoms with Gasteiger partial charge in [-0.05, 0) is 73.9 Å². The minimum atomic E-state index is -2.19. The zero-order valence-electron chi connectivity index (χ0n) is 25.0. The SMILES string of the molecule is Cc1ccc2c3ccccc3n(-c3ccc(-c4c(F)c(F)c(F)c(F)c4F)c(-n4c5ccccc5c5ccc(C)cc54)c3C)c2c1. The molecule has 0 bridgehead atoms. The van der Waals surface area contributed by atoms with Gasteiger partial charge in [0.1, 0.15) is 0 Å². The molecule has 0 saturated heterocycles. The van der Waals surface area contributed by atoms with Crippen LogP contribution in [-0.2, 0) is 0 Å². The molecular formula is C39H25F5N2. The Bertz CT molecular complexity index is 2540. The summed E-state index contributed by atoms with van der Waals surface area (Å²) in [5, 5.41) is 3.83. The lowest BCUT2D eigenvalue weighted by molar-refractivity contribution is 0.381. The van der Waals surface area contributed by atoms with E-state index in [0.717, 1.165) is 54.7 Å². The van der Waals surface area contributed by atoms with Crippen LogP contribution in [0.25, 0.3) is 66.1 Å². The van der Waals surface area contributed by atoms with Crippen LogP contribution in [0.1, 0.15) is 16.7 Å². The van der Waals surface area contributed by atoms with Crippen LogP contribution in [-0.4, -0.2) is 9.13 Å². The summed E-state index contributed by atoms with van der Waals surface area (Å²) in [6.45, 7) is 5.77. The van der Waals surface area contributed by atoms with E-state index in [2.05, 4.69) is 16.7 Å². The van der Waals surface area contributed by atoms with E-state index in [1.54, 1.807) is 6.07 Å². The Labute approximate surface area is 260 Å². The minimum absolute atomic E-state index is 0.116. The summed E-state index contributed by atoms with van der Waals surface area (Å²) in [5.74, 6) is -9.93. The van der Waals surface area contributed by atoms with E-state index in [1.165, 1.54) is 6.07 Å². The highest BCUT2D eigenvalue weighted by Crippen LogP contribution is 2.43. The van der Waals surface area contributed by atoms with Crippen LogP contribution in [0.15, 0.2) is 97.1 Å². The zero-order valence-corrected chi connectivity index (χ0v) is 25.0. The largest absolute Gasteiger partial charge is 0.309 e. The maximum absolute atomic E-state index is 15.6. The minimum Gasteiger partial charge on any atom is -0.309 e. The fourth-order valence-electron chi connectivity index (χ4n) is 6.92. The maximum Gasteiger partial charge on any atom is 0.200 e. The standard InChI is InChI=1S/C39H25F5N2/c1-20-12-14-25-23-8-4-6-10-29(23)45(31(25)18-20)28-17-16-27(33-34(40)36(42)38(44)37(43)35(33)41)39(22(28)3)46-30-11-7-5-9-24(30)26-15-13-21(2)19-32(26)46/h4-19H,1-3H3. The van der Waals surface area contributed by atoms with Crippen molar-refractivity contribution in [2.24, 2.45) is 0 Å². The summed E-state index contributed by atoms with van der Waals surface area (Å²) in [5.41, 5.74) is 5.83. The molecule has 0 N–H and O–H groups in total. The second kappa shape index (κ2) is 10.0. The van der Waals surface area contributed by atoms with Crippen molar-refractivity contribution >= 4 is 43.6 Å². The number of rotatable bonds is 3. The first-order chi connectivity index (χ1) is 22.2. The Morgan fingerprint density at radius 3 is 1.46 bits per heavy atom. The Morgan fingerprint density at radius 2 is 0.891 bits per heavy atom. The van der Waals surface area contributed by atoms with E-state index in [4.69, 9.17) is 0 Å². The zero-order chi connectivity index (χ0) is 32.0. The third kappa shape index (κ3) is 3.81. The molecule has 226 valence electrons. The van der Waals surface area contributed by atoms with Crippen molar-refractivity contribution < 1.29 is 22.0 Å². The maximum atomic E-state index is 15.6. The van der Waals surface area contributed by atoms with Crippen LogP contribution in [0.2, 0.25) is 0 Å². The molecule has 0 aliphatic heterocycles. The summed E-state index contributed by atoms with van der Waals surface area (Å²) in [7, 11) is 0. The van der Waals surface area contributed by atoms with Crippen molar-refractivity contribution in [2.75, 3.05) is 0 Å². The number of benzene rings is 6. The molecule has 0 fully saturated rings. The number of hydrogen-bond acceptors (Lipinski definition) is 0. The van der Waals surface area contributed by atoms with Crippen LogP contribution in [0.4, 0.5) is 22.0 Å². The Morgan fingerprint density at radius 1 is 0.435 bits per heavy atom. The van der Waals surface area contributed by atoms with Gasteiger partial charge in [-0.25, -0.2) is 22.0 Å². The molecule has 2 nitrogen and oxygen atoms in total. The lowest BCUT2D eigenvalue weighted by Gasteiger charge is -2.22. The molecule has 0 amide bonds. The molecule has 0 saturated carbocycles. The fourth-order valence-corrected chi connectivity index (χ4v) is 6.92. The van der Waals surface area contributed by atoms with Gasteiger partial charge in [0.2, 0.25) is 5.82 Å². The topological polar surface area (TPSA) is 9.86 Å². The molecule has 7 heteroatoms. The monoisotopic (exact) mass is 616 g/mol. The molecule has 0 radical (unpaired) electrons. The first-order valence-corrected chi connectivity index (χ1v) is 14.8. The van der Waals surface area contributed by atoms with Crippen molar-refractivity contribution in [1.82, 2.24) is 9.13 Å². The molecule has 0 atom stereocenters. The van der Waals surface area contributed by atoms with Crippen molar-refractivity contribution in [2.45, 2.75) is 20.8 Å². The number of para-hydroxylation sites is 2. The number of hydrogen-bond donors (Lipinski definition) is 0. The highest BCUT2D eigenvalue weighted by molar-refractivity contribution is 6.11. The van der Waals surface area contributed by atoms with Gasteiger partial charge in [0.15, 0.2) is 23.3 Å². The van der Waals surface area contributed by atoms with Crippen LogP contribution < -0.4 is 0 Å². The molecule has 0 spiro atoms. The predicted octanol–water partition coefficient (Wildman–Crippen LogP) is 11.2. The molecule has 0 aliphatic rings. The lowest BCUT2D eigenvalue weighted by Crippen LogP contribution is -2.09. The summed E-state index contributed by atoms with van der Waals surface area (Å²) < 4.78 is 79.0. The average Bonchev–Trinajstić information content (AvgIpc) is 3.55. The second-order valence-corrected chi connectivity index (χ2v) is 11.8. The van der Waals surface area contributed by atoms with Crippen molar-refractivity contribution in [3.8, 4) is 22.5 Å². The smallest absolute Gasteiger partial charge is 0.200 e. The van der Waals surface area contributed by atoms with E-state index >= 15 is 8.78 Å². The molecule has 0 aliphatic carbocycles. The first-order valence-electron chi connectivity index (χ1n) is 14.8. The highest BCUT2D eigenvalue weighted by Gasteiger charge is 2.30. The summed E-state index contributed by atoms with van der Waals surface area (Å²) >= 11 is 0. The first kappa shape index (κ1) is 28.1. The van der Waals surface area contributed by atoms with Gasteiger partial charge in [0.25, 0.3) is 0 Å². The molecule has 0 unspecified atom stereocenters. The van der Waals surface area contributed by atoms with E-state index in [-0.39, 0.29) is 5.56 Å². The Kier molecular flexibility index (Phi) is 6.13. The van der Waals surface area contributed by atoms with Crippen LogP contribution in [0.5, 0.6) is 0 Å². The average molecular weight is 617 g/mol. The quantitative estimate of drug-likeness (QED) is 0.106. The Balaban J connectivity index is 1.59. The van der Waals surface area contributed by atoms with E-state index in [1.807, 2.05) is 98.1 Å². The molecule has 8 rings (SSSR count). The van der Waals surface area contributed by atoms with Crippen LogP contribution >= 0.6 is 0 Å². The normalized spacial score (nSPS) is 11.9. The third-order valence-electron chi connectivity index (χ3n) is 9.00. The highest BCUT2D eigenvalue weighted by atomic mass is 19.2.